The van der Waals surface area contributed by atoms with Gasteiger partial charge in [-0.3, -0.25) is 0 Å². The number of carbonyl (C=O) groups excluding carboxylic acids is 1. The number of hydrogen-bond acceptors (Lipinski definition) is 4. The first kappa shape index (κ1) is 9.80. The molecule has 13 heavy (non-hydrogen) atoms. The molecule has 1 rings (SSSR count). The topological polar surface area (TPSA) is 65.2 Å². The summed E-state index contributed by atoms with van der Waals surface area (Å²) in [5.74, 6) is -0.543. The first-order valence-electron chi connectivity index (χ1n) is 3.74. The Morgan fingerprint density at radius 3 is 3.00 bits per heavy atom. The summed E-state index contributed by atoms with van der Waals surface area (Å²) in [5.41, 5.74) is 5.93. The highest BCUT2D eigenvalue weighted by Crippen LogP contribution is 2.19. The van der Waals surface area contributed by atoms with Gasteiger partial charge in [-0.05, 0) is 13.0 Å². The van der Waals surface area contributed by atoms with Crippen molar-refractivity contribution in [1.29, 1.82) is 0 Å². The van der Waals surface area contributed by atoms with Gasteiger partial charge in [0.15, 0.2) is 0 Å². The molecule has 0 atom stereocenters. The number of nitrogens with two attached hydrogens (primary N) is 1. The molecule has 0 radical (unpaired) electrons. The third kappa shape index (κ3) is 2.09. The van der Waals surface area contributed by atoms with Crippen LogP contribution in [0.2, 0.25) is 5.15 Å². The zero-order valence-corrected chi connectivity index (χ0v) is 7.84. The van der Waals surface area contributed by atoms with Gasteiger partial charge in [0.25, 0.3) is 0 Å². The minimum atomic E-state index is -0.543. The number of hydrogen-bond donors (Lipinski definition) is 1. The largest absolute Gasteiger partial charge is 0.462 e. The Labute approximate surface area is 80.7 Å². The van der Waals surface area contributed by atoms with Crippen LogP contribution >= 0.6 is 11.6 Å². The van der Waals surface area contributed by atoms with E-state index in [9.17, 15) is 4.79 Å². The average Bonchev–Trinajstić information content (AvgIpc) is 2.04. The van der Waals surface area contributed by atoms with Crippen LogP contribution in [-0.4, -0.2) is 17.6 Å². The molecule has 1 aromatic rings. The Kier molecular flexibility index (Phi) is 3.08. The molecular weight excluding hydrogens is 192 g/mol. The quantitative estimate of drug-likeness (QED) is 0.580. The monoisotopic (exact) mass is 200 g/mol. The predicted molar refractivity (Wildman–Crippen MR) is 49.6 cm³/mol. The first-order valence-corrected chi connectivity index (χ1v) is 4.11. The Morgan fingerprint density at radius 1 is 1.77 bits per heavy atom. The molecule has 0 amide bonds. The average molecular weight is 201 g/mol. The van der Waals surface area contributed by atoms with Crippen molar-refractivity contribution in [2.45, 2.75) is 6.92 Å². The molecule has 5 heteroatoms. The second-order valence-electron chi connectivity index (χ2n) is 2.29. The van der Waals surface area contributed by atoms with Crippen LogP contribution in [0.4, 0.5) is 5.69 Å². The van der Waals surface area contributed by atoms with Gasteiger partial charge in [-0.1, -0.05) is 11.6 Å². The third-order valence-corrected chi connectivity index (χ3v) is 1.70. The summed E-state index contributed by atoms with van der Waals surface area (Å²) in [5, 5.41) is 0.0680. The number of pyridine rings is 1. The van der Waals surface area contributed by atoms with Gasteiger partial charge in [0.1, 0.15) is 10.7 Å². The second-order valence-corrected chi connectivity index (χ2v) is 2.64. The summed E-state index contributed by atoms with van der Waals surface area (Å²) in [6.45, 7) is 1.99. The number of nitrogen functional groups attached to an aromatic ring is 1. The zero-order valence-electron chi connectivity index (χ0n) is 7.08. The maximum atomic E-state index is 11.3. The molecule has 1 heterocycles. The fourth-order valence-electron chi connectivity index (χ4n) is 0.855. The summed E-state index contributed by atoms with van der Waals surface area (Å²) in [4.78, 5) is 15.0. The fourth-order valence-corrected chi connectivity index (χ4v) is 1.10. The minimum Gasteiger partial charge on any atom is -0.462 e. The summed E-state index contributed by atoms with van der Waals surface area (Å²) < 4.78 is 4.75. The van der Waals surface area contributed by atoms with Crippen LogP contribution in [0, 0.1) is 0 Å². The highest BCUT2D eigenvalue weighted by Gasteiger charge is 2.15. The lowest BCUT2D eigenvalue weighted by atomic mass is 10.2. The normalized spacial score (nSPS) is 9.69. The molecule has 0 unspecified atom stereocenters. The van der Waals surface area contributed by atoms with E-state index in [0.717, 1.165) is 0 Å². The minimum absolute atomic E-state index is 0.0680. The molecule has 0 saturated heterocycles. The van der Waals surface area contributed by atoms with E-state index >= 15 is 0 Å². The maximum Gasteiger partial charge on any atom is 0.343 e. The van der Waals surface area contributed by atoms with Gasteiger partial charge in [0, 0.05) is 6.20 Å². The van der Waals surface area contributed by atoms with E-state index in [2.05, 4.69) is 4.98 Å². The van der Waals surface area contributed by atoms with Gasteiger partial charge in [-0.25, -0.2) is 9.78 Å². The number of esters is 1. The van der Waals surface area contributed by atoms with Crippen LogP contribution in [0.25, 0.3) is 0 Å². The van der Waals surface area contributed by atoms with Crippen LogP contribution in [0.1, 0.15) is 17.3 Å². The molecule has 0 aliphatic carbocycles. The number of rotatable bonds is 2. The molecule has 0 spiro atoms. The Balaban J connectivity index is 3.05. The number of ether oxygens (including phenoxy) is 1. The molecule has 0 fully saturated rings. The molecule has 4 nitrogen and oxygen atoms in total. The smallest absolute Gasteiger partial charge is 0.343 e. The summed E-state index contributed by atoms with van der Waals surface area (Å²) in [7, 11) is 0. The molecule has 1 aromatic heterocycles. The SMILES string of the molecule is CCOC(=O)c1c(N)ccnc1Cl. The number of nitrogens with zero attached hydrogens (tertiary/aromatic N) is 1. The lowest BCUT2D eigenvalue weighted by Gasteiger charge is -2.05. The molecule has 70 valence electrons. The van der Waals surface area contributed by atoms with E-state index in [1.807, 2.05) is 0 Å². The molecule has 2 N–H and O–H groups in total. The first-order chi connectivity index (χ1) is 6.16. The highest BCUT2D eigenvalue weighted by molar-refractivity contribution is 6.33. The van der Waals surface area contributed by atoms with Crippen molar-refractivity contribution >= 4 is 23.3 Å². The third-order valence-electron chi connectivity index (χ3n) is 1.42. The molecular formula is C8H9ClN2O2. The van der Waals surface area contributed by atoms with Gasteiger partial charge in [-0.2, -0.15) is 0 Å². The van der Waals surface area contributed by atoms with Gasteiger partial charge < -0.3 is 10.5 Å². The van der Waals surface area contributed by atoms with Gasteiger partial charge >= 0.3 is 5.97 Å². The van der Waals surface area contributed by atoms with Crippen molar-refractivity contribution < 1.29 is 9.53 Å². The van der Waals surface area contributed by atoms with Crippen molar-refractivity contribution in [1.82, 2.24) is 4.98 Å². The van der Waals surface area contributed by atoms with Crippen molar-refractivity contribution in [2.75, 3.05) is 12.3 Å². The lowest BCUT2D eigenvalue weighted by molar-refractivity contribution is 0.0527. The number of carbonyl (C=O) groups is 1. The van der Waals surface area contributed by atoms with Crippen LogP contribution in [0.15, 0.2) is 12.3 Å². The Morgan fingerprint density at radius 2 is 2.46 bits per heavy atom. The van der Waals surface area contributed by atoms with Crippen LogP contribution in [0.3, 0.4) is 0 Å². The molecule has 0 aliphatic heterocycles. The number of anilines is 1. The van der Waals surface area contributed by atoms with Gasteiger partial charge in [-0.15, -0.1) is 0 Å². The standard InChI is InChI=1S/C8H9ClN2O2/c1-2-13-8(12)6-5(10)3-4-11-7(6)9/h3-4H,2H2,1H3,(H2,10,11). The maximum absolute atomic E-state index is 11.3. The van der Waals surface area contributed by atoms with Gasteiger partial charge in [0.05, 0.1) is 12.3 Å². The van der Waals surface area contributed by atoms with E-state index < -0.39 is 5.97 Å². The van der Waals surface area contributed by atoms with Gasteiger partial charge in [0.2, 0.25) is 0 Å². The molecule has 0 bridgehead atoms. The van der Waals surface area contributed by atoms with Crippen molar-refractivity contribution in [3.63, 3.8) is 0 Å². The van der Waals surface area contributed by atoms with Crippen molar-refractivity contribution in [3.05, 3.63) is 23.0 Å². The fraction of sp³-hybridized carbons (Fsp3) is 0.250. The van der Waals surface area contributed by atoms with Crippen LogP contribution in [-0.2, 0) is 4.74 Å². The van der Waals surface area contributed by atoms with Crippen LogP contribution < -0.4 is 5.73 Å². The summed E-state index contributed by atoms with van der Waals surface area (Å²) in [6.07, 6.45) is 1.43. The second kappa shape index (κ2) is 4.09. The number of aromatic nitrogens is 1. The summed E-state index contributed by atoms with van der Waals surface area (Å²) in [6, 6.07) is 1.50. The van der Waals surface area contributed by atoms with E-state index in [0.29, 0.717) is 0 Å². The Hall–Kier alpha value is -1.29. The van der Waals surface area contributed by atoms with E-state index in [1.165, 1.54) is 12.3 Å². The van der Waals surface area contributed by atoms with E-state index in [4.69, 9.17) is 22.1 Å². The van der Waals surface area contributed by atoms with Crippen molar-refractivity contribution in [2.24, 2.45) is 0 Å². The lowest BCUT2D eigenvalue weighted by Crippen LogP contribution is -2.09. The predicted octanol–water partition coefficient (Wildman–Crippen LogP) is 1.49. The van der Waals surface area contributed by atoms with Crippen molar-refractivity contribution in [3.8, 4) is 0 Å². The Bertz CT molecular complexity index is 308. The van der Waals surface area contributed by atoms with Crippen LogP contribution in [0.5, 0.6) is 0 Å². The molecule has 0 saturated carbocycles. The molecule has 0 aliphatic rings. The van der Waals surface area contributed by atoms with E-state index in [-0.39, 0.29) is 23.0 Å². The highest BCUT2D eigenvalue weighted by atomic mass is 35.5. The molecule has 0 aromatic carbocycles. The number of halogens is 1. The van der Waals surface area contributed by atoms with E-state index in [1.54, 1.807) is 6.92 Å². The summed E-state index contributed by atoms with van der Waals surface area (Å²) >= 11 is 5.67. The zero-order chi connectivity index (χ0) is 9.84.